The van der Waals surface area contributed by atoms with Crippen LogP contribution in [0.25, 0.3) is 10.8 Å². The number of hydrogen-bond acceptors (Lipinski definition) is 6. The van der Waals surface area contributed by atoms with E-state index in [4.69, 9.17) is 22.1 Å². The number of aromatic nitrogens is 2. The minimum Gasteiger partial charge on any atom is -0.399 e. The number of nitrogens with two attached hydrogens (primary N) is 1. The summed E-state index contributed by atoms with van der Waals surface area (Å²) in [6.07, 6.45) is 5.74. The Morgan fingerprint density at radius 1 is 1.25 bits per heavy atom. The molecule has 1 aliphatic carbocycles. The average Bonchev–Trinajstić information content (AvgIpc) is 3.54. The van der Waals surface area contributed by atoms with Crippen molar-refractivity contribution in [2.75, 3.05) is 30.5 Å². The minimum absolute atomic E-state index is 0.462. The van der Waals surface area contributed by atoms with E-state index in [0.29, 0.717) is 17.0 Å². The number of rotatable bonds is 6. The number of fused-ring (bicyclic) bond motifs is 1. The van der Waals surface area contributed by atoms with E-state index in [-0.39, 0.29) is 0 Å². The summed E-state index contributed by atoms with van der Waals surface area (Å²) in [6, 6.07) is 11.2. The molecule has 1 saturated carbocycles. The lowest BCUT2D eigenvalue weighted by Gasteiger charge is -2.08. The van der Waals surface area contributed by atoms with Crippen LogP contribution in [0.4, 0.5) is 17.2 Å². The van der Waals surface area contributed by atoms with Crippen LogP contribution in [0.5, 0.6) is 0 Å². The van der Waals surface area contributed by atoms with Crippen LogP contribution in [0, 0.1) is 0 Å². The summed E-state index contributed by atoms with van der Waals surface area (Å²) in [7, 11) is 1.06. The maximum Gasteiger partial charge on any atom is 0.138 e. The van der Waals surface area contributed by atoms with Gasteiger partial charge in [0, 0.05) is 46.2 Å². The second-order valence-electron chi connectivity index (χ2n) is 6.41. The number of methoxy groups -OCH3 is 1. The summed E-state index contributed by atoms with van der Waals surface area (Å²) in [5.74, 6) is 1.49. The van der Waals surface area contributed by atoms with Crippen LogP contribution < -0.4 is 11.1 Å². The van der Waals surface area contributed by atoms with Gasteiger partial charge in [0.2, 0.25) is 0 Å². The fraction of sp³-hybridized carbons (Fsp3) is 0.300. The van der Waals surface area contributed by atoms with Gasteiger partial charge in [-0.1, -0.05) is 11.6 Å². The molecule has 28 heavy (non-hydrogen) atoms. The Morgan fingerprint density at radius 2 is 2.07 bits per heavy atom. The van der Waals surface area contributed by atoms with Gasteiger partial charge >= 0.3 is 0 Å². The molecule has 1 fully saturated rings. The standard InChI is InChI=1S/C14H11ClN4.C6H12O2S/c15-13-4-2-11(8-18-13)19-14-12-3-1-10(16)7-9(12)5-6-17-14;1-8-4-5-9(7)6-2-3-6/h1-8H,16H2,(H,17,19);6H,2-5H2,1H3. The van der Waals surface area contributed by atoms with Gasteiger partial charge in [-0.25, -0.2) is 9.97 Å². The Morgan fingerprint density at radius 3 is 2.75 bits per heavy atom. The SMILES string of the molecule is COCCS(=O)C1CC1.Nc1ccc2c(Nc3ccc(Cl)nc3)nccc2c1. The first kappa shape index (κ1) is 20.5. The monoisotopic (exact) mass is 418 g/mol. The van der Waals surface area contributed by atoms with Crippen molar-refractivity contribution in [1.29, 1.82) is 0 Å². The molecule has 0 saturated heterocycles. The fourth-order valence-electron chi connectivity index (χ4n) is 2.55. The van der Waals surface area contributed by atoms with Gasteiger partial charge in [0.25, 0.3) is 0 Å². The number of hydrogen-bond donors (Lipinski definition) is 2. The second kappa shape index (κ2) is 9.82. The molecule has 0 amide bonds. The summed E-state index contributed by atoms with van der Waals surface area (Å²) in [4.78, 5) is 8.37. The van der Waals surface area contributed by atoms with Gasteiger partial charge in [0.05, 0.1) is 18.5 Å². The summed E-state index contributed by atoms with van der Waals surface area (Å²) in [5, 5.41) is 6.24. The second-order valence-corrected chi connectivity index (χ2v) is 8.64. The van der Waals surface area contributed by atoms with Crippen LogP contribution >= 0.6 is 11.6 Å². The highest BCUT2D eigenvalue weighted by molar-refractivity contribution is 7.85. The van der Waals surface area contributed by atoms with Crippen LogP contribution in [-0.2, 0) is 15.5 Å². The number of pyridine rings is 2. The molecule has 1 aliphatic rings. The lowest BCUT2D eigenvalue weighted by molar-refractivity contribution is 0.218. The highest BCUT2D eigenvalue weighted by Crippen LogP contribution is 2.26. The van der Waals surface area contributed by atoms with Crippen LogP contribution in [0.1, 0.15) is 12.8 Å². The molecule has 0 bridgehead atoms. The van der Waals surface area contributed by atoms with E-state index >= 15 is 0 Å². The number of anilines is 3. The van der Waals surface area contributed by atoms with Crippen molar-refractivity contribution in [3.63, 3.8) is 0 Å². The highest BCUT2D eigenvalue weighted by Gasteiger charge is 2.27. The third-order valence-electron chi connectivity index (χ3n) is 4.16. The van der Waals surface area contributed by atoms with Gasteiger partial charge in [0.1, 0.15) is 11.0 Å². The average molecular weight is 419 g/mol. The molecule has 4 rings (SSSR count). The van der Waals surface area contributed by atoms with Crippen molar-refractivity contribution >= 4 is 50.4 Å². The maximum absolute atomic E-state index is 11.0. The molecule has 0 aliphatic heterocycles. The van der Waals surface area contributed by atoms with Crippen molar-refractivity contribution in [2.45, 2.75) is 18.1 Å². The van der Waals surface area contributed by atoms with Crippen molar-refractivity contribution < 1.29 is 8.95 Å². The molecule has 148 valence electrons. The number of nitrogens with one attached hydrogen (secondary N) is 1. The van der Waals surface area contributed by atoms with Crippen LogP contribution in [0.15, 0.2) is 48.8 Å². The summed E-state index contributed by atoms with van der Waals surface area (Å²) in [6.45, 7) is 0.642. The Kier molecular flexibility index (Phi) is 7.19. The van der Waals surface area contributed by atoms with Crippen molar-refractivity contribution in [3.05, 3.63) is 53.9 Å². The minimum atomic E-state index is -0.586. The zero-order valence-electron chi connectivity index (χ0n) is 15.6. The van der Waals surface area contributed by atoms with Gasteiger partial charge in [-0.3, -0.25) is 4.21 Å². The molecule has 2 heterocycles. The normalized spacial score (nSPS) is 14.2. The van der Waals surface area contributed by atoms with Crippen LogP contribution in [-0.4, -0.2) is 38.9 Å². The Bertz CT molecular complexity index is 949. The van der Waals surface area contributed by atoms with Gasteiger partial charge in [-0.05, 0) is 54.6 Å². The number of halogens is 1. The highest BCUT2D eigenvalue weighted by atomic mass is 35.5. The Hall–Kier alpha value is -2.22. The fourth-order valence-corrected chi connectivity index (χ4v) is 3.98. The molecule has 0 spiro atoms. The zero-order chi connectivity index (χ0) is 19.9. The predicted octanol–water partition coefficient (Wildman–Crippen LogP) is 4.15. The van der Waals surface area contributed by atoms with E-state index in [1.54, 1.807) is 25.6 Å². The molecule has 1 atom stereocenters. The first-order valence-corrected chi connectivity index (χ1v) is 10.7. The van der Waals surface area contributed by atoms with Crippen LogP contribution in [0.3, 0.4) is 0 Å². The third kappa shape index (κ3) is 5.89. The molecule has 6 nitrogen and oxygen atoms in total. The number of ether oxygens (including phenoxy) is 1. The lowest BCUT2D eigenvalue weighted by atomic mass is 10.1. The van der Waals surface area contributed by atoms with Crippen LogP contribution in [0.2, 0.25) is 5.15 Å². The van der Waals surface area contributed by atoms with Gasteiger partial charge in [-0.15, -0.1) is 0 Å². The van der Waals surface area contributed by atoms with E-state index in [1.165, 1.54) is 0 Å². The molecule has 0 radical (unpaired) electrons. The summed E-state index contributed by atoms with van der Waals surface area (Å²) < 4.78 is 15.8. The number of benzene rings is 1. The molecular weight excluding hydrogens is 396 g/mol. The number of nitrogen functional groups attached to an aromatic ring is 1. The van der Waals surface area contributed by atoms with Gasteiger partial charge in [0.15, 0.2) is 0 Å². The van der Waals surface area contributed by atoms with Gasteiger partial charge < -0.3 is 15.8 Å². The third-order valence-corrected chi connectivity index (χ3v) is 6.17. The van der Waals surface area contributed by atoms with E-state index in [1.807, 2.05) is 30.3 Å². The molecule has 1 aromatic carbocycles. The molecular formula is C20H23ClN4O2S. The first-order chi connectivity index (χ1) is 13.6. The predicted molar refractivity (Wildman–Crippen MR) is 117 cm³/mol. The summed E-state index contributed by atoms with van der Waals surface area (Å²) in [5.41, 5.74) is 7.35. The van der Waals surface area contributed by atoms with E-state index in [2.05, 4.69) is 15.3 Å². The van der Waals surface area contributed by atoms with Gasteiger partial charge in [-0.2, -0.15) is 0 Å². The molecule has 3 N–H and O–H groups in total. The maximum atomic E-state index is 11.0. The number of nitrogens with zero attached hydrogens (tertiary/aromatic N) is 2. The van der Waals surface area contributed by atoms with E-state index in [9.17, 15) is 4.21 Å². The zero-order valence-corrected chi connectivity index (χ0v) is 17.2. The molecule has 1 unspecified atom stereocenters. The molecule has 8 heteroatoms. The van der Waals surface area contributed by atoms with E-state index in [0.717, 1.165) is 46.6 Å². The first-order valence-electron chi connectivity index (χ1n) is 8.96. The topological polar surface area (TPSA) is 90.1 Å². The lowest BCUT2D eigenvalue weighted by Crippen LogP contribution is -2.07. The smallest absolute Gasteiger partial charge is 0.138 e. The Balaban J connectivity index is 0.000000211. The molecule has 3 aromatic rings. The van der Waals surface area contributed by atoms with Crippen molar-refractivity contribution in [1.82, 2.24) is 9.97 Å². The Labute approximate surface area is 171 Å². The molecule has 2 aromatic heterocycles. The summed E-state index contributed by atoms with van der Waals surface area (Å²) >= 11 is 5.76. The largest absolute Gasteiger partial charge is 0.399 e. The quantitative estimate of drug-likeness (QED) is 0.461. The van der Waals surface area contributed by atoms with E-state index < -0.39 is 10.8 Å². The van der Waals surface area contributed by atoms with Crippen molar-refractivity contribution in [3.8, 4) is 0 Å². The van der Waals surface area contributed by atoms with Crippen molar-refractivity contribution in [2.24, 2.45) is 0 Å².